The second-order valence-electron chi connectivity index (χ2n) is 7.39. The van der Waals surface area contributed by atoms with E-state index in [2.05, 4.69) is 16.2 Å². The van der Waals surface area contributed by atoms with Gasteiger partial charge >= 0.3 is 0 Å². The first-order chi connectivity index (χ1) is 15.0. The fourth-order valence-corrected chi connectivity index (χ4v) is 3.90. The monoisotopic (exact) mass is 414 g/mol. The van der Waals surface area contributed by atoms with Crippen molar-refractivity contribution in [2.24, 2.45) is 0 Å². The van der Waals surface area contributed by atoms with Gasteiger partial charge in [0.1, 0.15) is 11.9 Å². The van der Waals surface area contributed by atoms with Crippen LogP contribution in [0.15, 0.2) is 48.7 Å². The molecule has 2 aromatic heterocycles. The Morgan fingerprint density at radius 3 is 2.39 bits per heavy atom. The minimum absolute atomic E-state index is 0.354. The molecule has 0 radical (unpaired) electrons. The second-order valence-corrected chi connectivity index (χ2v) is 7.39. The molecule has 3 heterocycles. The van der Waals surface area contributed by atoms with Gasteiger partial charge < -0.3 is 9.80 Å². The molecule has 8 heteroatoms. The number of amides is 1. The Morgan fingerprint density at radius 1 is 1.00 bits per heavy atom. The third-order valence-electron chi connectivity index (χ3n) is 5.49. The van der Waals surface area contributed by atoms with Gasteiger partial charge in [0.2, 0.25) is 0 Å². The molecule has 31 heavy (non-hydrogen) atoms. The molecular formula is C23H22N6O2. The molecule has 0 bridgehead atoms. The number of anilines is 1. The minimum atomic E-state index is -0.541. The standard InChI is InChI=1S/C23H22N6O2/c1-16-20(17(2)29(26-16)19-8-4-3-5-9-19)21(30)23(31)28-13-11-27(12-14-28)22-18(15-24)7-6-10-25-22/h3-10H,11-14H2,1-2H3. The van der Waals surface area contributed by atoms with Gasteiger partial charge in [0.05, 0.1) is 28.2 Å². The van der Waals surface area contributed by atoms with E-state index in [1.165, 1.54) is 0 Å². The lowest BCUT2D eigenvalue weighted by Crippen LogP contribution is -2.51. The number of aryl methyl sites for hydroxylation is 1. The molecule has 156 valence electrons. The Balaban J connectivity index is 1.50. The summed E-state index contributed by atoms with van der Waals surface area (Å²) >= 11 is 0. The molecule has 0 saturated carbocycles. The van der Waals surface area contributed by atoms with Crippen LogP contribution in [0, 0.1) is 25.2 Å². The summed E-state index contributed by atoms with van der Waals surface area (Å²) < 4.78 is 1.69. The van der Waals surface area contributed by atoms with E-state index in [-0.39, 0.29) is 0 Å². The Bertz CT molecular complexity index is 1170. The highest BCUT2D eigenvalue weighted by Gasteiger charge is 2.31. The van der Waals surface area contributed by atoms with E-state index in [0.717, 1.165) is 5.69 Å². The van der Waals surface area contributed by atoms with Gasteiger partial charge in [-0.25, -0.2) is 9.67 Å². The van der Waals surface area contributed by atoms with E-state index in [1.54, 1.807) is 41.8 Å². The molecule has 1 aliphatic heterocycles. The lowest BCUT2D eigenvalue weighted by molar-refractivity contribution is -0.126. The molecule has 4 rings (SSSR count). The summed E-state index contributed by atoms with van der Waals surface area (Å²) in [5.41, 5.74) is 2.87. The fraction of sp³-hybridized carbons (Fsp3) is 0.261. The first-order valence-corrected chi connectivity index (χ1v) is 10.1. The number of Topliss-reactive ketones (excluding diaryl/α,β-unsaturated/α-hetero) is 1. The summed E-state index contributed by atoms with van der Waals surface area (Å²) in [7, 11) is 0. The molecule has 1 aromatic carbocycles. The van der Waals surface area contributed by atoms with Gasteiger partial charge in [-0.2, -0.15) is 10.4 Å². The zero-order chi connectivity index (χ0) is 22.0. The van der Waals surface area contributed by atoms with Crippen molar-refractivity contribution in [3.63, 3.8) is 0 Å². The SMILES string of the molecule is Cc1nn(-c2ccccc2)c(C)c1C(=O)C(=O)N1CCN(c2ncccc2C#N)CC1. The maximum Gasteiger partial charge on any atom is 0.295 e. The summed E-state index contributed by atoms with van der Waals surface area (Å²) in [4.78, 5) is 33.9. The number of nitrogens with zero attached hydrogens (tertiary/aromatic N) is 6. The highest BCUT2D eigenvalue weighted by atomic mass is 16.2. The Kier molecular flexibility index (Phi) is 5.50. The highest BCUT2D eigenvalue weighted by Crippen LogP contribution is 2.21. The summed E-state index contributed by atoms with van der Waals surface area (Å²) in [6.45, 7) is 5.33. The lowest BCUT2D eigenvalue weighted by Gasteiger charge is -2.35. The Hall–Kier alpha value is -3.99. The molecule has 0 spiro atoms. The van der Waals surface area contributed by atoms with Gasteiger partial charge in [-0.15, -0.1) is 0 Å². The molecule has 0 atom stereocenters. The maximum absolute atomic E-state index is 13.1. The first-order valence-electron chi connectivity index (χ1n) is 10.1. The van der Waals surface area contributed by atoms with Crippen molar-refractivity contribution in [3.8, 4) is 11.8 Å². The van der Waals surface area contributed by atoms with Crippen LogP contribution in [-0.2, 0) is 4.79 Å². The smallest absolute Gasteiger partial charge is 0.295 e. The average molecular weight is 414 g/mol. The molecule has 0 aliphatic carbocycles. The molecule has 1 fully saturated rings. The highest BCUT2D eigenvalue weighted by molar-refractivity contribution is 6.43. The van der Waals surface area contributed by atoms with E-state index < -0.39 is 11.7 Å². The number of hydrogen-bond donors (Lipinski definition) is 0. The van der Waals surface area contributed by atoms with Crippen LogP contribution >= 0.6 is 0 Å². The predicted octanol–water partition coefficient (Wildman–Crippen LogP) is 2.29. The van der Waals surface area contributed by atoms with Gasteiger partial charge in [-0.05, 0) is 38.1 Å². The fourth-order valence-electron chi connectivity index (χ4n) is 3.90. The Labute approximate surface area is 180 Å². The quantitative estimate of drug-likeness (QED) is 0.480. The van der Waals surface area contributed by atoms with Gasteiger partial charge in [-0.1, -0.05) is 18.2 Å². The topological polar surface area (TPSA) is 95.1 Å². The third kappa shape index (κ3) is 3.78. The molecule has 8 nitrogen and oxygen atoms in total. The number of ketones is 1. The van der Waals surface area contributed by atoms with Crippen LogP contribution in [0.5, 0.6) is 0 Å². The van der Waals surface area contributed by atoms with Crippen molar-refractivity contribution in [3.05, 3.63) is 71.2 Å². The van der Waals surface area contributed by atoms with E-state index in [4.69, 9.17) is 0 Å². The van der Waals surface area contributed by atoms with Crippen molar-refractivity contribution in [2.75, 3.05) is 31.1 Å². The number of benzene rings is 1. The van der Waals surface area contributed by atoms with E-state index in [0.29, 0.717) is 54.5 Å². The van der Waals surface area contributed by atoms with Crippen molar-refractivity contribution >= 4 is 17.5 Å². The molecule has 3 aromatic rings. The largest absolute Gasteiger partial charge is 0.352 e. The molecule has 0 unspecified atom stereocenters. The zero-order valence-electron chi connectivity index (χ0n) is 17.4. The second kappa shape index (κ2) is 8.40. The third-order valence-corrected chi connectivity index (χ3v) is 5.49. The van der Waals surface area contributed by atoms with Crippen LogP contribution in [-0.4, -0.2) is 57.5 Å². The summed E-state index contributed by atoms with van der Waals surface area (Å²) in [6.07, 6.45) is 1.65. The van der Waals surface area contributed by atoms with Crippen LogP contribution in [0.4, 0.5) is 5.82 Å². The van der Waals surface area contributed by atoms with E-state index in [9.17, 15) is 14.9 Å². The van der Waals surface area contributed by atoms with Crippen LogP contribution in [0.3, 0.4) is 0 Å². The van der Waals surface area contributed by atoms with Crippen LogP contribution < -0.4 is 4.90 Å². The van der Waals surface area contributed by atoms with Crippen molar-refractivity contribution in [1.82, 2.24) is 19.7 Å². The molecule has 1 saturated heterocycles. The number of nitriles is 1. The van der Waals surface area contributed by atoms with Crippen LogP contribution in [0.1, 0.15) is 27.3 Å². The van der Waals surface area contributed by atoms with E-state index >= 15 is 0 Å². The number of hydrogen-bond acceptors (Lipinski definition) is 6. The number of para-hydroxylation sites is 1. The predicted molar refractivity (Wildman–Crippen MR) is 115 cm³/mol. The van der Waals surface area contributed by atoms with Crippen molar-refractivity contribution in [1.29, 1.82) is 5.26 Å². The average Bonchev–Trinajstić information content (AvgIpc) is 3.12. The Morgan fingerprint density at radius 2 is 1.71 bits per heavy atom. The van der Waals surface area contributed by atoms with Gasteiger partial charge in [0.15, 0.2) is 0 Å². The molecule has 0 N–H and O–H groups in total. The molecule has 1 amide bonds. The zero-order valence-corrected chi connectivity index (χ0v) is 17.4. The summed E-state index contributed by atoms with van der Waals surface area (Å²) in [5, 5.41) is 13.8. The normalized spacial score (nSPS) is 13.7. The first kappa shape index (κ1) is 20.3. The van der Waals surface area contributed by atoms with Gasteiger partial charge in [0.25, 0.3) is 11.7 Å². The van der Waals surface area contributed by atoms with Gasteiger partial charge in [0, 0.05) is 32.4 Å². The lowest BCUT2D eigenvalue weighted by atomic mass is 10.1. The number of carbonyl (C=O) groups excluding carboxylic acids is 2. The molecule has 1 aliphatic rings. The number of aromatic nitrogens is 3. The minimum Gasteiger partial charge on any atom is -0.352 e. The number of piperazine rings is 1. The van der Waals surface area contributed by atoms with Crippen molar-refractivity contribution < 1.29 is 9.59 Å². The van der Waals surface area contributed by atoms with Crippen LogP contribution in [0.25, 0.3) is 5.69 Å². The van der Waals surface area contributed by atoms with Crippen molar-refractivity contribution in [2.45, 2.75) is 13.8 Å². The maximum atomic E-state index is 13.1. The number of rotatable bonds is 4. The number of pyridine rings is 1. The summed E-state index contributed by atoms with van der Waals surface area (Å²) in [6, 6.07) is 15.1. The van der Waals surface area contributed by atoms with Crippen LogP contribution in [0.2, 0.25) is 0 Å². The molecular weight excluding hydrogens is 392 g/mol. The number of carbonyl (C=O) groups is 2. The summed E-state index contributed by atoms with van der Waals surface area (Å²) in [5.74, 6) is -0.458. The van der Waals surface area contributed by atoms with E-state index in [1.807, 2.05) is 35.2 Å². The van der Waals surface area contributed by atoms with Gasteiger partial charge in [-0.3, -0.25) is 9.59 Å².